The maximum atomic E-state index is 11.6. The first-order valence-corrected chi connectivity index (χ1v) is 6.38. The molecule has 6 heteroatoms. The minimum atomic E-state index is -0.0598. The van der Waals surface area contributed by atoms with E-state index in [2.05, 4.69) is 20.8 Å². The molecule has 0 aliphatic carbocycles. The predicted molar refractivity (Wildman–Crippen MR) is 68.4 cm³/mol. The normalized spacial score (nSPS) is 16.7. The number of amides is 1. The Kier molecular flexibility index (Phi) is 4.72. The maximum Gasteiger partial charge on any atom is 0.227 e. The van der Waals surface area contributed by atoms with Gasteiger partial charge in [0.15, 0.2) is 5.82 Å². The molecular formula is C12H20N4O2. The van der Waals surface area contributed by atoms with Crippen LogP contribution >= 0.6 is 0 Å². The Labute approximate surface area is 106 Å². The van der Waals surface area contributed by atoms with Crippen molar-refractivity contribution in [2.24, 2.45) is 0 Å². The predicted octanol–water partition coefficient (Wildman–Crippen LogP) is 0.815. The molecule has 1 fully saturated rings. The van der Waals surface area contributed by atoms with Gasteiger partial charge in [-0.05, 0) is 32.9 Å². The van der Waals surface area contributed by atoms with E-state index < -0.39 is 0 Å². The fourth-order valence-corrected chi connectivity index (χ4v) is 1.97. The third-order valence-electron chi connectivity index (χ3n) is 2.94. The van der Waals surface area contributed by atoms with Crippen molar-refractivity contribution in [3.63, 3.8) is 0 Å². The molecule has 1 saturated heterocycles. The third kappa shape index (κ3) is 4.12. The number of piperidine rings is 1. The number of carbonyl (C=O) groups is 1. The summed E-state index contributed by atoms with van der Waals surface area (Å²) >= 11 is 0. The molecule has 1 aromatic rings. The molecule has 0 radical (unpaired) electrons. The number of hydrogen-bond acceptors (Lipinski definition) is 4. The first-order valence-electron chi connectivity index (χ1n) is 6.38. The third-order valence-corrected chi connectivity index (χ3v) is 2.94. The number of aromatic nitrogens is 2. The van der Waals surface area contributed by atoms with E-state index in [9.17, 15) is 4.79 Å². The highest BCUT2D eigenvalue weighted by atomic mass is 16.5. The number of hydrogen-bond donors (Lipinski definition) is 3. The zero-order chi connectivity index (χ0) is 12.8. The maximum absolute atomic E-state index is 11.6. The summed E-state index contributed by atoms with van der Waals surface area (Å²) in [5, 5.41) is 12.7. The lowest BCUT2D eigenvalue weighted by molar-refractivity contribution is -0.117. The quantitative estimate of drug-likeness (QED) is 0.724. The molecule has 1 amide bonds. The Morgan fingerprint density at radius 2 is 2.33 bits per heavy atom. The number of carbonyl (C=O) groups excluding carboxylic acids is 1. The van der Waals surface area contributed by atoms with Crippen LogP contribution in [0.25, 0.3) is 0 Å². The molecule has 0 aromatic carbocycles. The second-order valence-electron chi connectivity index (χ2n) is 4.55. The zero-order valence-electron chi connectivity index (χ0n) is 10.7. The molecule has 0 saturated carbocycles. The van der Waals surface area contributed by atoms with Crippen molar-refractivity contribution >= 4 is 11.7 Å². The molecule has 6 nitrogen and oxygen atoms in total. The van der Waals surface area contributed by atoms with Gasteiger partial charge in [-0.15, -0.1) is 0 Å². The van der Waals surface area contributed by atoms with Gasteiger partial charge in [0.25, 0.3) is 0 Å². The number of ether oxygens (including phenoxy) is 1. The number of nitrogens with zero attached hydrogens (tertiary/aromatic N) is 1. The molecule has 18 heavy (non-hydrogen) atoms. The molecule has 0 spiro atoms. The van der Waals surface area contributed by atoms with Gasteiger partial charge in [-0.2, -0.15) is 5.10 Å². The topological polar surface area (TPSA) is 79.0 Å². The molecule has 0 bridgehead atoms. The van der Waals surface area contributed by atoms with Crippen LogP contribution in [0.4, 0.5) is 5.82 Å². The molecule has 3 N–H and O–H groups in total. The molecule has 1 aliphatic heterocycles. The van der Waals surface area contributed by atoms with Crippen molar-refractivity contribution < 1.29 is 9.53 Å². The van der Waals surface area contributed by atoms with Crippen molar-refractivity contribution in [2.75, 3.05) is 25.0 Å². The highest BCUT2D eigenvalue weighted by molar-refractivity contribution is 5.89. The molecule has 2 heterocycles. The Morgan fingerprint density at radius 1 is 1.56 bits per heavy atom. The van der Waals surface area contributed by atoms with Gasteiger partial charge in [0.1, 0.15) is 0 Å². The van der Waals surface area contributed by atoms with Crippen LogP contribution in [0, 0.1) is 6.92 Å². The van der Waals surface area contributed by atoms with Crippen molar-refractivity contribution in [3.05, 3.63) is 11.8 Å². The fourth-order valence-electron chi connectivity index (χ4n) is 1.97. The van der Waals surface area contributed by atoms with E-state index in [4.69, 9.17) is 4.74 Å². The van der Waals surface area contributed by atoms with Crippen LogP contribution in [-0.4, -0.2) is 41.9 Å². The van der Waals surface area contributed by atoms with Crippen LogP contribution in [0.1, 0.15) is 25.0 Å². The van der Waals surface area contributed by atoms with Gasteiger partial charge in [-0.25, -0.2) is 0 Å². The van der Waals surface area contributed by atoms with Gasteiger partial charge in [0.05, 0.1) is 19.1 Å². The van der Waals surface area contributed by atoms with Crippen LogP contribution in [0.15, 0.2) is 6.07 Å². The Morgan fingerprint density at radius 3 is 3.00 bits per heavy atom. The van der Waals surface area contributed by atoms with Crippen LogP contribution in [0.3, 0.4) is 0 Å². The van der Waals surface area contributed by atoms with Gasteiger partial charge in [-0.3, -0.25) is 9.89 Å². The van der Waals surface area contributed by atoms with Crippen LogP contribution < -0.4 is 10.6 Å². The van der Waals surface area contributed by atoms with E-state index in [1.165, 1.54) is 0 Å². The summed E-state index contributed by atoms with van der Waals surface area (Å²) in [5.41, 5.74) is 0.927. The highest BCUT2D eigenvalue weighted by Gasteiger charge is 2.13. The zero-order valence-corrected chi connectivity index (χ0v) is 10.7. The fraction of sp³-hybridized carbons (Fsp3) is 0.667. The number of anilines is 1. The summed E-state index contributed by atoms with van der Waals surface area (Å²) in [6.07, 6.45) is 2.72. The number of aryl methyl sites for hydroxylation is 1. The van der Waals surface area contributed by atoms with E-state index in [1.54, 1.807) is 6.07 Å². The molecular weight excluding hydrogens is 232 g/mol. The summed E-state index contributed by atoms with van der Waals surface area (Å²) in [6, 6.07) is 1.80. The number of aromatic amines is 1. The summed E-state index contributed by atoms with van der Waals surface area (Å²) in [4.78, 5) is 11.6. The molecule has 0 atom stereocenters. The Bertz CT molecular complexity index is 385. The van der Waals surface area contributed by atoms with Crippen LogP contribution in [-0.2, 0) is 9.53 Å². The summed E-state index contributed by atoms with van der Waals surface area (Å²) in [7, 11) is 0. The largest absolute Gasteiger partial charge is 0.378 e. The van der Waals surface area contributed by atoms with E-state index in [0.29, 0.717) is 24.9 Å². The van der Waals surface area contributed by atoms with E-state index in [0.717, 1.165) is 31.6 Å². The van der Waals surface area contributed by atoms with Crippen molar-refractivity contribution in [3.8, 4) is 0 Å². The Hall–Kier alpha value is -1.40. The molecule has 100 valence electrons. The average Bonchev–Trinajstić information content (AvgIpc) is 2.76. The highest BCUT2D eigenvalue weighted by Crippen LogP contribution is 2.08. The average molecular weight is 252 g/mol. The minimum Gasteiger partial charge on any atom is -0.378 e. The van der Waals surface area contributed by atoms with Gasteiger partial charge in [-0.1, -0.05) is 0 Å². The van der Waals surface area contributed by atoms with Crippen LogP contribution in [0.5, 0.6) is 0 Å². The lowest BCUT2D eigenvalue weighted by Crippen LogP contribution is -2.33. The smallest absolute Gasteiger partial charge is 0.227 e. The second-order valence-corrected chi connectivity index (χ2v) is 4.55. The minimum absolute atomic E-state index is 0.0598. The standard InChI is InChI=1S/C12H20N4O2/c1-9-8-11(16-15-9)14-12(17)4-7-18-10-2-5-13-6-3-10/h8,10,13H,2-7H2,1H3,(H2,14,15,16,17). The molecule has 1 aromatic heterocycles. The van der Waals surface area contributed by atoms with E-state index in [1.807, 2.05) is 6.92 Å². The lowest BCUT2D eigenvalue weighted by atomic mass is 10.1. The second kappa shape index (κ2) is 6.51. The number of nitrogens with one attached hydrogen (secondary N) is 3. The monoisotopic (exact) mass is 252 g/mol. The van der Waals surface area contributed by atoms with E-state index in [-0.39, 0.29) is 5.91 Å². The van der Waals surface area contributed by atoms with Crippen molar-refractivity contribution in [2.45, 2.75) is 32.3 Å². The summed E-state index contributed by atoms with van der Waals surface area (Å²) in [6.45, 7) is 4.37. The van der Waals surface area contributed by atoms with Gasteiger partial charge in [0, 0.05) is 11.8 Å². The molecule has 0 unspecified atom stereocenters. The first-order chi connectivity index (χ1) is 8.74. The molecule has 1 aliphatic rings. The van der Waals surface area contributed by atoms with Crippen molar-refractivity contribution in [1.29, 1.82) is 0 Å². The van der Waals surface area contributed by atoms with Gasteiger partial charge < -0.3 is 15.4 Å². The summed E-state index contributed by atoms with van der Waals surface area (Å²) in [5.74, 6) is 0.509. The van der Waals surface area contributed by atoms with E-state index >= 15 is 0 Å². The lowest BCUT2D eigenvalue weighted by Gasteiger charge is -2.22. The van der Waals surface area contributed by atoms with Gasteiger partial charge in [0.2, 0.25) is 5.91 Å². The van der Waals surface area contributed by atoms with Gasteiger partial charge >= 0.3 is 0 Å². The Balaban J connectivity index is 1.62. The number of H-pyrrole nitrogens is 1. The van der Waals surface area contributed by atoms with Crippen LogP contribution in [0.2, 0.25) is 0 Å². The first kappa shape index (κ1) is 13.0. The summed E-state index contributed by atoms with van der Waals surface area (Å²) < 4.78 is 5.67. The SMILES string of the molecule is Cc1cc(NC(=O)CCOC2CCNCC2)n[nH]1. The number of rotatable bonds is 5. The van der Waals surface area contributed by atoms with Crippen molar-refractivity contribution in [1.82, 2.24) is 15.5 Å². The molecule has 2 rings (SSSR count).